The lowest BCUT2D eigenvalue weighted by molar-refractivity contribution is 0.338. The van der Waals surface area contributed by atoms with E-state index < -0.39 is 0 Å². The second kappa shape index (κ2) is 6.14. The van der Waals surface area contributed by atoms with Crippen LogP contribution >= 0.6 is 0 Å². The molecule has 3 aromatic heterocycles. The Labute approximate surface area is 136 Å². The highest BCUT2D eigenvalue weighted by Crippen LogP contribution is 2.34. The minimum absolute atomic E-state index is 0.503. The van der Waals surface area contributed by atoms with Gasteiger partial charge in [-0.05, 0) is 24.8 Å². The molecule has 1 aliphatic rings. The minimum atomic E-state index is 0.503. The monoisotopic (exact) mass is 309 g/mol. The van der Waals surface area contributed by atoms with Gasteiger partial charge in [0.2, 0.25) is 0 Å². The summed E-state index contributed by atoms with van der Waals surface area (Å²) in [5.74, 6) is 0.881. The van der Waals surface area contributed by atoms with Gasteiger partial charge in [0.15, 0.2) is 5.65 Å². The summed E-state index contributed by atoms with van der Waals surface area (Å²) in [7, 11) is 0. The highest BCUT2D eigenvalue weighted by atomic mass is 15.3. The molecule has 23 heavy (non-hydrogen) atoms. The van der Waals surface area contributed by atoms with E-state index in [1.807, 2.05) is 24.7 Å². The molecule has 0 saturated heterocycles. The number of hydrogen-bond acceptors (Lipinski definition) is 3. The van der Waals surface area contributed by atoms with Crippen LogP contribution in [0.2, 0.25) is 0 Å². The Hall–Kier alpha value is -2.17. The van der Waals surface area contributed by atoms with Crippen LogP contribution in [0.5, 0.6) is 0 Å². The molecule has 1 atom stereocenters. The van der Waals surface area contributed by atoms with Crippen molar-refractivity contribution in [3.05, 3.63) is 30.9 Å². The molecular formula is C18H23N5. The predicted molar refractivity (Wildman–Crippen MR) is 91.0 cm³/mol. The Kier molecular flexibility index (Phi) is 3.85. The van der Waals surface area contributed by atoms with Crippen molar-refractivity contribution in [2.75, 3.05) is 0 Å². The number of aromatic nitrogens is 5. The van der Waals surface area contributed by atoms with E-state index in [9.17, 15) is 0 Å². The number of aromatic amines is 1. The van der Waals surface area contributed by atoms with Crippen LogP contribution in [0, 0.1) is 5.92 Å². The first-order chi connectivity index (χ1) is 11.3. The van der Waals surface area contributed by atoms with Crippen molar-refractivity contribution >= 4 is 11.0 Å². The first-order valence-electron chi connectivity index (χ1n) is 8.68. The van der Waals surface area contributed by atoms with Crippen molar-refractivity contribution in [1.82, 2.24) is 25.0 Å². The molecule has 0 spiro atoms. The van der Waals surface area contributed by atoms with Crippen molar-refractivity contribution in [1.29, 1.82) is 0 Å². The first-order valence-corrected chi connectivity index (χ1v) is 8.68. The maximum atomic E-state index is 4.66. The lowest BCUT2D eigenvalue weighted by Crippen LogP contribution is -2.12. The number of nitrogens with zero attached hydrogens (tertiary/aromatic N) is 4. The van der Waals surface area contributed by atoms with E-state index in [2.05, 4.69) is 38.1 Å². The van der Waals surface area contributed by atoms with Gasteiger partial charge in [0, 0.05) is 28.9 Å². The van der Waals surface area contributed by atoms with Crippen LogP contribution in [0.4, 0.5) is 0 Å². The fourth-order valence-electron chi connectivity index (χ4n) is 3.87. The van der Waals surface area contributed by atoms with Crippen LogP contribution in [-0.2, 0) is 0 Å². The van der Waals surface area contributed by atoms with Gasteiger partial charge in [0.1, 0.15) is 0 Å². The number of H-pyrrole nitrogens is 1. The van der Waals surface area contributed by atoms with Crippen molar-refractivity contribution in [2.24, 2.45) is 5.92 Å². The maximum Gasteiger partial charge on any atom is 0.160 e. The van der Waals surface area contributed by atoms with Crippen LogP contribution in [0.1, 0.15) is 51.5 Å². The van der Waals surface area contributed by atoms with Gasteiger partial charge in [0.05, 0.1) is 18.4 Å². The Morgan fingerprint density at radius 2 is 2.17 bits per heavy atom. The minimum Gasteiger partial charge on any atom is -0.345 e. The average molecular weight is 309 g/mol. The molecule has 0 bridgehead atoms. The van der Waals surface area contributed by atoms with Crippen molar-refractivity contribution in [2.45, 2.75) is 51.5 Å². The Bertz CT molecular complexity index is 781. The molecule has 1 unspecified atom stereocenters. The topological polar surface area (TPSA) is 59.4 Å². The zero-order valence-corrected chi connectivity index (χ0v) is 13.6. The van der Waals surface area contributed by atoms with E-state index in [1.165, 1.54) is 32.1 Å². The summed E-state index contributed by atoms with van der Waals surface area (Å²) in [4.78, 5) is 3.12. The van der Waals surface area contributed by atoms with Gasteiger partial charge < -0.3 is 4.98 Å². The quantitative estimate of drug-likeness (QED) is 0.762. The van der Waals surface area contributed by atoms with E-state index >= 15 is 0 Å². The van der Waals surface area contributed by atoms with Gasteiger partial charge in [-0.3, -0.25) is 4.68 Å². The Morgan fingerprint density at radius 1 is 1.30 bits per heavy atom. The van der Waals surface area contributed by atoms with Gasteiger partial charge in [-0.2, -0.15) is 10.2 Å². The zero-order valence-electron chi connectivity index (χ0n) is 13.6. The summed E-state index contributed by atoms with van der Waals surface area (Å²) in [6, 6.07) is 2.55. The third-order valence-corrected chi connectivity index (χ3v) is 5.20. The molecule has 0 aliphatic heterocycles. The van der Waals surface area contributed by atoms with Crippen molar-refractivity contribution in [3.63, 3.8) is 0 Å². The maximum absolute atomic E-state index is 4.66. The highest BCUT2D eigenvalue weighted by molar-refractivity contribution is 5.91. The van der Waals surface area contributed by atoms with Crippen LogP contribution in [0.3, 0.4) is 0 Å². The number of rotatable bonds is 5. The van der Waals surface area contributed by atoms with Gasteiger partial charge in [0.25, 0.3) is 0 Å². The average Bonchev–Trinajstić information content (AvgIpc) is 3.32. The summed E-state index contributed by atoms with van der Waals surface area (Å²) in [6.07, 6.45) is 15.8. The SMILES string of the molecule is CCC(CC1CCCC1)n1cc(-c2cnnc3[nH]ccc23)cn1. The number of hydrogen-bond donors (Lipinski definition) is 1. The molecule has 1 saturated carbocycles. The molecule has 5 heteroatoms. The molecule has 120 valence electrons. The summed E-state index contributed by atoms with van der Waals surface area (Å²) in [5, 5.41) is 14.0. The van der Waals surface area contributed by atoms with E-state index in [0.29, 0.717) is 6.04 Å². The molecule has 5 nitrogen and oxygen atoms in total. The molecule has 0 amide bonds. The molecule has 3 aromatic rings. The second-order valence-electron chi connectivity index (χ2n) is 6.66. The highest BCUT2D eigenvalue weighted by Gasteiger charge is 2.21. The Balaban J connectivity index is 1.61. The summed E-state index contributed by atoms with van der Waals surface area (Å²) >= 11 is 0. The second-order valence-corrected chi connectivity index (χ2v) is 6.66. The third kappa shape index (κ3) is 2.76. The molecule has 0 radical (unpaired) electrons. The predicted octanol–water partition coefficient (Wildman–Crippen LogP) is 4.35. The smallest absolute Gasteiger partial charge is 0.160 e. The largest absolute Gasteiger partial charge is 0.345 e. The van der Waals surface area contributed by atoms with Crippen molar-refractivity contribution in [3.8, 4) is 11.1 Å². The van der Waals surface area contributed by atoms with Gasteiger partial charge >= 0.3 is 0 Å². The van der Waals surface area contributed by atoms with Crippen LogP contribution in [-0.4, -0.2) is 25.0 Å². The number of fused-ring (bicyclic) bond motifs is 1. The molecule has 0 aromatic carbocycles. The van der Waals surface area contributed by atoms with Crippen LogP contribution in [0.15, 0.2) is 30.9 Å². The fourth-order valence-corrected chi connectivity index (χ4v) is 3.87. The van der Waals surface area contributed by atoms with E-state index in [4.69, 9.17) is 0 Å². The molecule has 1 fully saturated rings. The molecule has 1 N–H and O–H groups in total. The van der Waals surface area contributed by atoms with Crippen LogP contribution < -0.4 is 0 Å². The van der Waals surface area contributed by atoms with Gasteiger partial charge in [-0.15, -0.1) is 5.10 Å². The standard InChI is InChI=1S/C18H23N5/c1-2-15(9-13-5-3-4-6-13)23-12-14(10-21-23)17-11-20-22-18-16(17)7-8-19-18/h7-8,10-13,15H,2-6,9H2,1H3,(H,19,22). The summed E-state index contributed by atoms with van der Waals surface area (Å²) < 4.78 is 2.16. The van der Waals surface area contributed by atoms with Crippen LogP contribution in [0.25, 0.3) is 22.2 Å². The first kappa shape index (κ1) is 14.4. The fraction of sp³-hybridized carbons (Fsp3) is 0.500. The summed E-state index contributed by atoms with van der Waals surface area (Å²) in [5.41, 5.74) is 3.04. The van der Waals surface area contributed by atoms with E-state index in [0.717, 1.165) is 34.5 Å². The zero-order chi connectivity index (χ0) is 15.6. The molecule has 1 aliphatic carbocycles. The normalized spacial score (nSPS) is 17.1. The van der Waals surface area contributed by atoms with Gasteiger partial charge in [-0.1, -0.05) is 32.6 Å². The van der Waals surface area contributed by atoms with E-state index in [-0.39, 0.29) is 0 Å². The Morgan fingerprint density at radius 3 is 3.00 bits per heavy atom. The summed E-state index contributed by atoms with van der Waals surface area (Å²) in [6.45, 7) is 2.26. The molecule has 4 rings (SSSR count). The number of nitrogens with one attached hydrogen (secondary N) is 1. The third-order valence-electron chi connectivity index (χ3n) is 5.20. The van der Waals surface area contributed by atoms with Gasteiger partial charge in [-0.25, -0.2) is 0 Å². The lowest BCUT2D eigenvalue weighted by Gasteiger charge is -2.19. The molecular weight excluding hydrogens is 286 g/mol. The lowest BCUT2D eigenvalue weighted by atomic mass is 9.97. The van der Waals surface area contributed by atoms with Crippen molar-refractivity contribution < 1.29 is 0 Å². The molecule has 3 heterocycles. The van der Waals surface area contributed by atoms with E-state index in [1.54, 1.807) is 0 Å².